The van der Waals surface area contributed by atoms with E-state index in [1.54, 1.807) is 24.3 Å². The van der Waals surface area contributed by atoms with Gasteiger partial charge < -0.3 is 5.11 Å². The fourth-order valence-corrected chi connectivity index (χ4v) is 2.94. The SMILES string of the molecule is Cc1ccc(Cl)c(N2C(=O)Cc3cc(O)ccc32)c1Cl. The second-order valence-corrected chi connectivity index (χ2v) is 5.53. The molecule has 0 bridgehead atoms. The molecule has 3 nitrogen and oxygen atoms in total. The van der Waals surface area contributed by atoms with Gasteiger partial charge in [-0.1, -0.05) is 29.3 Å². The van der Waals surface area contributed by atoms with Crippen molar-refractivity contribution < 1.29 is 9.90 Å². The van der Waals surface area contributed by atoms with E-state index in [0.717, 1.165) is 11.1 Å². The highest BCUT2D eigenvalue weighted by molar-refractivity contribution is 6.41. The smallest absolute Gasteiger partial charge is 0.236 e. The molecule has 1 aliphatic rings. The number of phenolic OH excluding ortho intramolecular Hbond substituents is 1. The quantitative estimate of drug-likeness (QED) is 0.856. The van der Waals surface area contributed by atoms with E-state index in [1.165, 1.54) is 4.90 Å². The van der Waals surface area contributed by atoms with E-state index in [2.05, 4.69) is 0 Å². The third kappa shape index (κ3) is 1.94. The van der Waals surface area contributed by atoms with Crippen molar-refractivity contribution in [1.82, 2.24) is 0 Å². The van der Waals surface area contributed by atoms with Gasteiger partial charge in [-0.15, -0.1) is 0 Å². The molecule has 0 atom stereocenters. The molecule has 1 aliphatic heterocycles. The Bertz CT molecular complexity index is 728. The Morgan fingerprint density at radius 2 is 1.95 bits per heavy atom. The number of aryl methyl sites for hydroxylation is 1. The lowest BCUT2D eigenvalue weighted by Crippen LogP contribution is -2.21. The second-order valence-electron chi connectivity index (χ2n) is 4.75. The predicted molar refractivity (Wildman–Crippen MR) is 80.2 cm³/mol. The first-order valence-corrected chi connectivity index (χ1v) is 6.84. The molecule has 2 aromatic rings. The van der Waals surface area contributed by atoms with E-state index >= 15 is 0 Å². The lowest BCUT2D eigenvalue weighted by atomic mass is 10.1. The topological polar surface area (TPSA) is 40.5 Å². The summed E-state index contributed by atoms with van der Waals surface area (Å²) in [6.45, 7) is 1.86. The number of phenols is 1. The summed E-state index contributed by atoms with van der Waals surface area (Å²) >= 11 is 12.5. The van der Waals surface area contributed by atoms with Crippen LogP contribution >= 0.6 is 23.2 Å². The van der Waals surface area contributed by atoms with Gasteiger partial charge in [-0.05, 0) is 42.3 Å². The minimum atomic E-state index is -0.111. The number of halogens is 2. The highest BCUT2D eigenvalue weighted by atomic mass is 35.5. The molecule has 0 spiro atoms. The number of hydrogen-bond acceptors (Lipinski definition) is 2. The van der Waals surface area contributed by atoms with E-state index in [0.29, 0.717) is 21.4 Å². The van der Waals surface area contributed by atoms with E-state index in [4.69, 9.17) is 23.2 Å². The third-order valence-electron chi connectivity index (χ3n) is 3.38. The van der Waals surface area contributed by atoms with Gasteiger partial charge in [0.15, 0.2) is 0 Å². The Morgan fingerprint density at radius 3 is 2.70 bits per heavy atom. The molecule has 102 valence electrons. The number of carbonyl (C=O) groups is 1. The van der Waals surface area contributed by atoms with Crippen LogP contribution < -0.4 is 4.90 Å². The molecule has 0 saturated heterocycles. The zero-order valence-corrected chi connectivity index (χ0v) is 12.2. The predicted octanol–water partition coefficient (Wildman–Crippen LogP) is 4.23. The van der Waals surface area contributed by atoms with Crippen LogP contribution in [-0.4, -0.2) is 11.0 Å². The van der Waals surface area contributed by atoms with Crippen molar-refractivity contribution in [2.24, 2.45) is 0 Å². The van der Waals surface area contributed by atoms with Gasteiger partial charge in [-0.3, -0.25) is 9.69 Å². The molecule has 3 rings (SSSR count). The zero-order chi connectivity index (χ0) is 14.4. The molecule has 20 heavy (non-hydrogen) atoms. The lowest BCUT2D eigenvalue weighted by Gasteiger charge is -2.21. The molecule has 5 heteroatoms. The normalized spacial score (nSPS) is 13.8. The van der Waals surface area contributed by atoms with E-state index in [1.807, 2.05) is 13.0 Å². The van der Waals surface area contributed by atoms with Gasteiger partial charge in [-0.25, -0.2) is 0 Å². The van der Waals surface area contributed by atoms with Crippen molar-refractivity contribution in [2.45, 2.75) is 13.3 Å². The first kappa shape index (κ1) is 13.3. The van der Waals surface area contributed by atoms with E-state index in [9.17, 15) is 9.90 Å². The molecule has 0 unspecified atom stereocenters. The van der Waals surface area contributed by atoms with E-state index < -0.39 is 0 Å². The van der Waals surface area contributed by atoms with Crippen LogP contribution in [0.4, 0.5) is 11.4 Å². The molecular formula is C15H11Cl2NO2. The third-order valence-corrected chi connectivity index (χ3v) is 4.16. The second kappa shape index (κ2) is 4.69. The molecule has 0 radical (unpaired) electrons. The number of amides is 1. The number of benzene rings is 2. The van der Waals surface area contributed by atoms with Gasteiger partial charge in [0, 0.05) is 0 Å². The van der Waals surface area contributed by atoms with Gasteiger partial charge in [-0.2, -0.15) is 0 Å². The highest BCUT2D eigenvalue weighted by Gasteiger charge is 2.31. The molecular weight excluding hydrogens is 297 g/mol. The highest BCUT2D eigenvalue weighted by Crippen LogP contribution is 2.44. The van der Waals surface area contributed by atoms with Crippen LogP contribution in [0.5, 0.6) is 5.75 Å². The minimum absolute atomic E-state index is 0.111. The lowest BCUT2D eigenvalue weighted by molar-refractivity contribution is -0.116. The first-order chi connectivity index (χ1) is 9.49. The largest absolute Gasteiger partial charge is 0.508 e. The van der Waals surface area contributed by atoms with Crippen molar-refractivity contribution in [2.75, 3.05) is 4.90 Å². The van der Waals surface area contributed by atoms with Crippen LogP contribution in [0.15, 0.2) is 30.3 Å². The zero-order valence-electron chi connectivity index (χ0n) is 10.7. The van der Waals surface area contributed by atoms with Gasteiger partial charge in [0.05, 0.1) is 27.8 Å². The maximum absolute atomic E-state index is 12.3. The number of anilines is 2. The summed E-state index contributed by atoms with van der Waals surface area (Å²) in [6, 6.07) is 8.37. The monoisotopic (exact) mass is 307 g/mol. The van der Waals surface area contributed by atoms with Crippen LogP contribution in [0.3, 0.4) is 0 Å². The summed E-state index contributed by atoms with van der Waals surface area (Å²) < 4.78 is 0. The summed E-state index contributed by atoms with van der Waals surface area (Å²) in [5.74, 6) is 0.0276. The average molecular weight is 308 g/mol. The van der Waals surface area contributed by atoms with Crippen LogP contribution in [0.1, 0.15) is 11.1 Å². The minimum Gasteiger partial charge on any atom is -0.508 e. The van der Waals surface area contributed by atoms with Crippen molar-refractivity contribution in [3.63, 3.8) is 0 Å². The maximum Gasteiger partial charge on any atom is 0.236 e. The molecule has 0 fully saturated rings. The Hall–Kier alpha value is -1.71. The van der Waals surface area contributed by atoms with Crippen LogP contribution in [-0.2, 0) is 11.2 Å². The average Bonchev–Trinajstić information content (AvgIpc) is 2.70. The Labute approximate surface area is 126 Å². The van der Waals surface area contributed by atoms with Gasteiger partial charge in [0.2, 0.25) is 5.91 Å². The van der Waals surface area contributed by atoms with Crippen molar-refractivity contribution in [3.05, 3.63) is 51.5 Å². The van der Waals surface area contributed by atoms with Crippen LogP contribution in [0.25, 0.3) is 0 Å². The van der Waals surface area contributed by atoms with Gasteiger partial charge in [0.1, 0.15) is 5.75 Å². The number of aromatic hydroxyl groups is 1. The van der Waals surface area contributed by atoms with Crippen LogP contribution in [0.2, 0.25) is 10.0 Å². The molecule has 0 aromatic heterocycles. The number of nitrogens with zero attached hydrogens (tertiary/aromatic N) is 1. The van der Waals surface area contributed by atoms with Crippen LogP contribution in [0, 0.1) is 6.92 Å². The summed E-state index contributed by atoms with van der Waals surface area (Å²) in [6.07, 6.45) is 0.227. The summed E-state index contributed by atoms with van der Waals surface area (Å²) in [5.41, 5.74) is 2.83. The number of carbonyl (C=O) groups excluding carboxylic acids is 1. The fraction of sp³-hybridized carbons (Fsp3) is 0.133. The Morgan fingerprint density at radius 1 is 1.20 bits per heavy atom. The Balaban J connectivity index is 2.22. The molecule has 2 aromatic carbocycles. The maximum atomic E-state index is 12.3. The molecule has 1 heterocycles. The number of hydrogen-bond donors (Lipinski definition) is 1. The van der Waals surface area contributed by atoms with Gasteiger partial charge >= 0.3 is 0 Å². The fourth-order valence-electron chi connectivity index (χ4n) is 2.40. The summed E-state index contributed by atoms with van der Waals surface area (Å²) in [4.78, 5) is 13.8. The standard InChI is InChI=1S/C15H11Cl2NO2/c1-8-2-4-11(16)15(14(8)17)18-12-5-3-10(19)6-9(12)7-13(18)20/h2-6,19H,7H2,1H3. The summed E-state index contributed by atoms with van der Waals surface area (Å²) in [5, 5.41) is 10.4. The van der Waals surface area contributed by atoms with Crippen molar-refractivity contribution in [3.8, 4) is 5.75 Å². The number of rotatable bonds is 1. The van der Waals surface area contributed by atoms with E-state index in [-0.39, 0.29) is 18.1 Å². The van der Waals surface area contributed by atoms with Crippen molar-refractivity contribution in [1.29, 1.82) is 0 Å². The first-order valence-electron chi connectivity index (χ1n) is 6.08. The molecule has 1 N–H and O–H groups in total. The van der Waals surface area contributed by atoms with Gasteiger partial charge in [0.25, 0.3) is 0 Å². The Kier molecular flexibility index (Phi) is 3.11. The molecule has 0 aliphatic carbocycles. The van der Waals surface area contributed by atoms with Crippen molar-refractivity contribution >= 4 is 40.5 Å². The molecule has 0 saturated carbocycles. The summed E-state index contributed by atoms with van der Waals surface area (Å²) in [7, 11) is 0. The number of fused-ring (bicyclic) bond motifs is 1. The molecule has 1 amide bonds.